The first-order chi connectivity index (χ1) is 14.7. The molecule has 1 heterocycles. The Morgan fingerprint density at radius 1 is 0.867 bits per heavy atom. The first kappa shape index (κ1) is 20.6. The van der Waals surface area contributed by atoms with Gasteiger partial charge in [0.2, 0.25) is 11.8 Å². The van der Waals surface area contributed by atoms with Crippen molar-refractivity contribution >= 4 is 11.8 Å². The van der Waals surface area contributed by atoms with Gasteiger partial charge in [-0.3, -0.25) is 9.59 Å². The number of nitrogens with zero attached hydrogens (tertiary/aromatic N) is 1. The summed E-state index contributed by atoms with van der Waals surface area (Å²) in [6.45, 7) is 1.84. The van der Waals surface area contributed by atoms with Gasteiger partial charge in [-0.2, -0.15) is 0 Å². The van der Waals surface area contributed by atoms with Crippen molar-refractivity contribution in [3.05, 3.63) is 71.8 Å². The van der Waals surface area contributed by atoms with Crippen molar-refractivity contribution < 1.29 is 9.59 Å². The normalized spacial score (nSPS) is 19.3. The van der Waals surface area contributed by atoms with Crippen LogP contribution in [0.3, 0.4) is 0 Å². The zero-order valence-corrected chi connectivity index (χ0v) is 17.7. The maximum Gasteiger partial charge on any atom is 0.231 e. The number of likely N-dealkylation sites (tertiary alicyclic amines) is 1. The van der Waals surface area contributed by atoms with E-state index in [1.54, 1.807) is 0 Å². The van der Waals surface area contributed by atoms with E-state index in [0.29, 0.717) is 38.4 Å². The van der Waals surface area contributed by atoms with Gasteiger partial charge in [-0.25, -0.2) is 0 Å². The van der Waals surface area contributed by atoms with E-state index in [4.69, 9.17) is 0 Å². The molecular weight excluding hydrogens is 372 g/mol. The highest BCUT2D eigenvalue weighted by Gasteiger charge is 2.44. The molecule has 4 rings (SSSR count). The molecule has 4 heteroatoms. The number of hydrogen-bond acceptors (Lipinski definition) is 2. The Morgan fingerprint density at radius 2 is 1.47 bits per heavy atom. The minimum absolute atomic E-state index is 0.0716. The molecule has 30 heavy (non-hydrogen) atoms. The Hall–Kier alpha value is -2.62. The predicted octanol–water partition coefficient (Wildman–Crippen LogP) is 4.44. The van der Waals surface area contributed by atoms with E-state index in [9.17, 15) is 9.59 Å². The molecule has 0 bridgehead atoms. The Morgan fingerprint density at radius 3 is 2.10 bits per heavy atom. The van der Waals surface area contributed by atoms with Crippen LogP contribution in [-0.2, 0) is 21.5 Å². The van der Waals surface area contributed by atoms with E-state index >= 15 is 0 Å². The predicted molar refractivity (Wildman–Crippen MR) is 119 cm³/mol. The van der Waals surface area contributed by atoms with Crippen LogP contribution in [0.4, 0.5) is 0 Å². The van der Waals surface area contributed by atoms with Gasteiger partial charge in [0.05, 0.1) is 5.41 Å². The van der Waals surface area contributed by atoms with Gasteiger partial charge >= 0.3 is 0 Å². The zero-order valence-electron chi connectivity index (χ0n) is 17.7. The highest BCUT2D eigenvalue weighted by molar-refractivity contribution is 5.89. The molecule has 0 unspecified atom stereocenters. The molecule has 0 aromatic heterocycles. The highest BCUT2D eigenvalue weighted by Crippen LogP contribution is 2.37. The van der Waals surface area contributed by atoms with Crippen LogP contribution >= 0.6 is 0 Å². The van der Waals surface area contributed by atoms with Gasteiger partial charge in [0.15, 0.2) is 0 Å². The fourth-order valence-corrected chi connectivity index (χ4v) is 5.07. The van der Waals surface area contributed by atoms with Crippen LogP contribution in [0.2, 0.25) is 0 Å². The quantitative estimate of drug-likeness (QED) is 0.801. The summed E-state index contributed by atoms with van der Waals surface area (Å²) in [4.78, 5) is 28.5. The second-order valence-corrected chi connectivity index (χ2v) is 8.78. The molecule has 2 fully saturated rings. The molecule has 1 saturated heterocycles. The van der Waals surface area contributed by atoms with Gasteiger partial charge < -0.3 is 10.2 Å². The lowest BCUT2D eigenvalue weighted by atomic mass is 9.71. The summed E-state index contributed by atoms with van der Waals surface area (Å²) in [6, 6.07) is 20.1. The molecule has 2 aromatic rings. The summed E-state index contributed by atoms with van der Waals surface area (Å²) >= 11 is 0. The Balaban J connectivity index is 1.47. The monoisotopic (exact) mass is 404 g/mol. The molecule has 1 N–H and O–H groups in total. The summed E-state index contributed by atoms with van der Waals surface area (Å²) in [7, 11) is 0. The number of nitrogens with one attached hydrogen (secondary N) is 1. The van der Waals surface area contributed by atoms with Crippen LogP contribution < -0.4 is 5.32 Å². The van der Waals surface area contributed by atoms with E-state index in [-0.39, 0.29) is 11.8 Å². The molecule has 1 saturated carbocycles. The average molecular weight is 405 g/mol. The number of hydrogen-bond donors (Lipinski definition) is 1. The Bertz CT molecular complexity index is 836. The molecule has 0 spiro atoms. The Labute approximate surface area is 179 Å². The molecule has 1 aliphatic heterocycles. The standard InChI is InChI=1S/C26H32N2O2/c29-24(22-12-6-2-7-13-22)28-18-16-26(17-19-28,23-14-8-3-9-15-23)25(30)27-20-21-10-4-1-5-11-21/h1,3-5,8-11,14-15,22H,2,6-7,12-13,16-20H2,(H,27,30). The molecule has 0 atom stereocenters. The lowest BCUT2D eigenvalue weighted by molar-refractivity contribution is -0.141. The number of rotatable bonds is 5. The van der Waals surface area contributed by atoms with E-state index in [2.05, 4.69) is 17.4 Å². The number of carbonyl (C=O) groups excluding carboxylic acids is 2. The maximum atomic E-state index is 13.5. The zero-order chi connectivity index (χ0) is 20.8. The largest absolute Gasteiger partial charge is 0.351 e. The summed E-state index contributed by atoms with van der Waals surface area (Å²) in [5, 5.41) is 3.17. The summed E-state index contributed by atoms with van der Waals surface area (Å²) in [5.74, 6) is 0.568. The minimum atomic E-state index is -0.570. The van der Waals surface area contributed by atoms with Crippen LogP contribution in [0.15, 0.2) is 60.7 Å². The Kier molecular flexibility index (Phi) is 6.51. The lowest BCUT2D eigenvalue weighted by Crippen LogP contribution is -2.53. The van der Waals surface area contributed by atoms with Crippen molar-refractivity contribution in [2.45, 2.75) is 56.9 Å². The summed E-state index contributed by atoms with van der Waals surface area (Å²) < 4.78 is 0. The SMILES string of the molecule is O=C(C1CCCCC1)N1CCC(C(=O)NCc2ccccc2)(c2ccccc2)CC1. The van der Waals surface area contributed by atoms with E-state index in [1.165, 1.54) is 19.3 Å². The lowest BCUT2D eigenvalue weighted by Gasteiger charge is -2.42. The van der Waals surface area contributed by atoms with Crippen molar-refractivity contribution in [2.75, 3.05) is 13.1 Å². The fraction of sp³-hybridized carbons (Fsp3) is 0.462. The van der Waals surface area contributed by atoms with E-state index in [1.807, 2.05) is 53.4 Å². The molecule has 2 aliphatic rings. The summed E-state index contributed by atoms with van der Waals surface area (Å²) in [6.07, 6.45) is 6.99. The van der Waals surface area contributed by atoms with Crippen molar-refractivity contribution in [1.29, 1.82) is 0 Å². The second kappa shape index (κ2) is 9.46. The topological polar surface area (TPSA) is 49.4 Å². The average Bonchev–Trinajstić information content (AvgIpc) is 2.84. The smallest absolute Gasteiger partial charge is 0.231 e. The molecule has 158 valence electrons. The molecule has 4 nitrogen and oxygen atoms in total. The highest BCUT2D eigenvalue weighted by atomic mass is 16.2. The first-order valence-electron chi connectivity index (χ1n) is 11.4. The van der Waals surface area contributed by atoms with Crippen LogP contribution in [0.5, 0.6) is 0 Å². The van der Waals surface area contributed by atoms with Gasteiger partial charge in [-0.05, 0) is 36.8 Å². The maximum absolute atomic E-state index is 13.5. The van der Waals surface area contributed by atoms with Crippen LogP contribution in [0.1, 0.15) is 56.1 Å². The third-order valence-corrected chi connectivity index (χ3v) is 6.94. The second-order valence-electron chi connectivity index (χ2n) is 8.78. The van der Waals surface area contributed by atoms with Gasteiger partial charge in [-0.15, -0.1) is 0 Å². The van der Waals surface area contributed by atoms with Crippen LogP contribution in [-0.4, -0.2) is 29.8 Å². The molecule has 2 aromatic carbocycles. The van der Waals surface area contributed by atoms with Gasteiger partial charge in [-0.1, -0.05) is 79.9 Å². The number of amides is 2. The molecule has 0 radical (unpaired) electrons. The number of benzene rings is 2. The molecular formula is C26H32N2O2. The first-order valence-corrected chi connectivity index (χ1v) is 11.4. The molecule has 2 amide bonds. The third kappa shape index (κ3) is 4.43. The van der Waals surface area contributed by atoms with Crippen molar-refractivity contribution in [1.82, 2.24) is 10.2 Å². The number of carbonyl (C=O) groups is 2. The van der Waals surface area contributed by atoms with Crippen molar-refractivity contribution in [2.24, 2.45) is 5.92 Å². The minimum Gasteiger partial charge on any atom is -0.351 e. The van der Waals surface area contributed by atoms with E-state index < -0.39 is 5.41 Å². The van der Waals surface area contributed by atoms with Gasteiger partial charge in [0, 0.05) is 25.6 Å². The van der Waals surface area contributed by atoms with Crippen LogP contribution in [0.25, 0.3) is 0 Å². The summed E-state index contributed by atoms with van der Waals surface area (Å²) in [5.41, 5.74) is 1.58. The van der Waals surface area contributed by atoms with E-state index in [0.717, 1.165) is 24.0 Å². The van der Waals surface area contributed by atoms with Crippen LogP contribution in [0, 0.1) is 5.92 Å². The van der Waals surface area contributed by atoms with Crippen molar-refractivity contribution in [3.63, 3.8) is 0 Å². The third-order valence-electron chi connectivity index (χ3n) is 6.94. The number of piperidine rings is 1. The van der Waals surface area contributed by atoms with Gasteiger partial charge in [0.25, 0.3) is 0 Å². The van der Waals surface area contributed by atoms with Crippen molar-refractivity contribution in [3.8, 4) is 0 Å². The van der Waals surface area contributed by atoms with Gasteiger partial charge in [0.1, 0.15) is 0 Å². The fourth-order valence-electron chi connectivity index (χ4n) is 5.07. The molecule has 1 aliphatic carbocycles.